The summed E-state index contributed by atoms with van der Waals surface area (Å²) in [5.41, 5.74) is 2.72. The summed E-state index contributed by atoms with van der Waals surface area (Å²) in [7, 11) is 1.75. The standard InChI is InChI=1S/C15H14BrFN2O/c1-9-3-5-11(14(7-9)18-2)15(20)19-10-4-6-12(16)13(17)8-10/h3-8,18H,1-2H3,(H,19,20). The van der Waals surface area contributed by atoms with Crippen LogP contribution in [0.2, 0.25) is 0 Å². The second kappa shape index (κ2) is 6.05. The zero-order valence-corrected chi connectivity index (χ0v) is 12.7. The highest BCUT2D eigenvalue weighted by Gasteiger charge is 2.12. The number of amides is 1. The smallest absolute Gasteiger partial charge is 0.257 e. The predicted octanol–water partition coefficient (Wildman–Crippen LogP) is 4.19. The van der Waals surface area contributed by atoms with E-state index in [1.54, 1.807) is 25.2 Å². The molecule has 0 aliphatic heterocycles. The summed E-state index contributed by atoms with van der Waals surface area (Å²) >= 11 is 3.07. The van der Waals surface area contributed by atoms with Crippen molar-refractivity contribution in [2.24, 2.45) is 0 Å². The number of aryl methyl sites for hydroxylation is 1. The van der Waals surface area contributed by atoms with Gasteiger partial charge in [0.05, 0.1) is 10.0 Å². The van der Waals surface area contributed by atoms with Crippen molar-refractivity contribution < 1.29 is 9.18 Å². The normalized spacial score (nSPS) is 10.2. The van der Waals surface area contributed by atoms with Crippen LogP contribution < -0.4 is 10.6 Å². The number of hydrogen-bond donors (Lipinski definition) is 2. The Hall–Kier alpha value is -1.88. The fourth-order valence-corrected chi connectivity index (χ4v) is 2.08. The highest BCUT2D eigenvalue weighted by Crippen LogP contribution is 2.22. The SMILES string of the molecule is CNc1cc(C)ccc1C(=O)Nc1ccc(Br)c(F)c1. The first-order valence-electron chi connectivity index (χ1n) is 6.06. The Morgan fingerprint density at radius 3 is 2.60 bits per heavy atom. The molecular weight excluding hydrogens is 323 g/mol. The lowest BCUT2D eigenvalue weighted by molar-refractivity contribution is 0.102. The molecule has 0 aromatic heterocycles. The maximum absolute atomic E-state index is 13.4. The molecule has 0 radical (unpaired) electrons. The van der Waals surface area contributed by atoms with E-state index in [1.165, 1.54) is 6.07 Å². The molecule has 0 unspecified atom stereocenters. The van der Waals surface area contributed by atoms with Gasteiger partial charge in [-0.05, 0) is 58.7 Å². The number of rotatable bonds is 3. The summed E-state index contributed by atoms with van der Waals surface area (Å²) in [6, 6.07) is 9.95. The van der Waals surface area contributed by atoms with E-state index in [2.05, 4.69) is 26.6 Å². The molecular formula is C15H14BrFN2O. The Kier molecular flexibility index (Phi) is 4.39. The van der Waals surface area contributed by atoms with E-state index in [0.717, 1.165) is 11.3 Å². The lowest BCUT2D eigenvalue weighted by Gasteiger charge is -2.11. The zero-order chi connectivity index (χ0) is 14.7. The van der Waals surface area contributed by atoms with Crippen LogP contribution in [0.4, 0.5) is 15.8 Å². The first kappa shape index (κ1) is 14.5. The van der Waals surface area contributed by atoms with Crippen LogP contribution in [0.15, 0.2) is 40.9 Å². The van der Waals surface area contributed by atoms with E-state index in [4.69, 9.17) is 0 Å². The monoisotopic (exact) mass is 336 g/mol. The molecule has 0 aliphatic rings. The maximum Gasteiger partial charge on any atom is 0.257 e. The van der Waals surface area contributed by atoms with Crippen molar-refractivity contribution >= 4 is 33.2 Å². The van der Waals surface area contributed by atoms with Crippen LogP contribution in [-0.2, 0) is 0 Å². The van der Waals surface area contributed by atoms with Gasteiger partial charge in [0, 0.05) is 18.4 Å². The Morgan fingerprint density at radius 2 is 1.95 bits per heavy atom. The van der Waals surface area contributed by atoms with E-state index in [0.29, 0.717) is 15.7 Å². The van der Waals surface area contributed by atoms with Crippen molar-refractivity contribution in [1.29, 1.82) is 0 Å². The third-order valence-electron chi connectivity index (χ3n) is 2.87. The second-order valence-electron chi connectivity index (χ2n) is 4.38. The number of halogens is 2. The number of hydrogen-bond acceptors (Lipinski definition) is 2. The Balaban J connectivity index is 2.25. The van der Waals surface area contributed by atoms with E-state index in [1.807, 2.05) is 19.1 Å². The van der Waals surface area contributed by atoms with Gasteiger partial charge in [0.2, 0.25) is 0 Å². The number of nitrogens with one attached hydrogen (secondary N) is 2. The number of carbonyl (C=O) groups excluding carboxylic acids is 1. The van der Waals surface area contributed by atoms with Crippen LogP contribution in [0.3, 0.4) is 0 Å². The fourth-order valence-electron chi connectivity index (χ4n) is 1.84. The van der Waals surface area contributed by atoms with Crippen molar-refractivity contribution in [1.82, 2.24) is 0 Å². The Labute approximate surface area is 125 Å². The fraction of sp³-hybridized carbons (Fsp3) is 0.133. The van der Waals surface area contributed by atoms with Gasteiger partial charge in [-0.15, -0.1) is 0 Å². The molecule has 2 aromatic carbocycles. The van der Waals surface area contributed by atoms with E-state index in [9.17, 15) is 9.18 Å². The molecule has 0 spiro atoms. The van der Waals surface area contributed by atoms with Crippen LogP contribution in [0, 0.1) is 12.7 Å². The molecule has 0 bridgehead atoms. The van der Waals surface area contributed by atoms with Crippen LogP contribution >= 0.6 is 15.9 Å². The summed E-state index contributed by atoms with van der Waals surface area (Å²) in [6.45, 7) is 1.95. The summed E-state index contributed by atoms with van der Waals surface area (Å²) in [5, 5.41) is 5.66. The summed E-state index contributed by atoms with van der Waals surface area (Å²) in [4.78, 5) is 12.2. The van der Waals surface area contributed by atoms with Gasteiger partial charge in [0.15, 0.2) is 0 Å². The van der Waals surface area contributed by atoms with Gasteiger partial charge in [-0.1, -0.05) is 6.07 Å². The van der Waals surface area contributed by atoms with Gasteiger partial charge in [0.1, 0.15) is 5.82 Å². The first-order valence-corrected chi connectivity index (χ1v) is 6.85. The molecule has 0 saturated heterocycles. The van der Waals surface area contributed by atoms with Gasteiger partial charge in [0.25, 0.3) is 5.91 Å². The molecule has 0 atom stereocenters. The van der Waals surface area contributed by atoms with Crippen LogP contribution in [0.5, 0.6) is 0 Å². The lowest BCUT2D eigenvalue weighted by Crippen LogP contribution is -2.14. The topological polar surface area (TPSA) is 41.1 Å². The van der Waals surface area contributed by atoms with Crippen molar-refractivity contribution in [2.45, 2.75) is 6.92 Å². The van der Waals surface area contributed by atoms with Crippen LogP contribution in [0.25, 0.3) is 0 Å². The number of benzene rings is 2. The molecule has 20 heavy (non-hydrogen) atoms. The van der Waals surface area contributed by atoms with E-state index >= 15 is 0 Å². The second-order valence-corrected chi connectivity index (χ2v) is 5.24. The highest BCUT2D eigenvalue weighted by atomic mass is 79.9. The quantitative estimate of drug-likeness (QED) is 0.882. The van der Waals surface area contributed by atoms with Gasteiger partial charge < -0.3 is 10.6 Å². The Morgan fingerprint density at radius 1 is 1.20 bits per heavy atom. The van der Waals surface area contributed by atoms with Gasteiger partial charge >= 0.3 is 0 Å². The number of anilines is 2. The first-order chi connectivity index (χ1) is 9.51. The lowest BCUT2D eigenvalue weighted by atomic mass is 10.1. The van der Waals surface area contributed by atoms with Crippen LogP contribution in [-0.4, -0.2) is 13.0 Å². The predicted molar refractivity (Wildman–Crippen MR) is 82.8 cm³/mol. The molecule has 2 rings (SSSR count). The van der Waals surface area contributed by atoms with E-state index in [-0.39, 0.29) is 5.91 Å². The average Bonchev–Trinajstić information content (AvgIpc) is 2.42. The minimum atomic E-state index is -0.416. The third kappa shape index (κ3) is 3.17. The van der Waals surface area contributed by atoms with Gasteiger partial charge in [-0.3, -0.25) is 4.79 Å². The molecule has 0 aliphatic carbocycles. The molecule has 0 saturated carbocycles. The molecule has 104 valence electrons. The number of carbonyl (C=O) groups is 1. The highest BCUT2D eigenvalue weighted by molar-refractivity contribution is 9.10. The summed E-state index contributed by atoms with van der Waals surface area (Å²) in [5.74, 6) is -0.698. The minimum absolute atomic E-state index is 0.281. The van der Waals surface area contributed by atoms with Crippen molar-refractivity contribution in [2.75, 3.05) is 17.7 Å². The van der Waals surface area contributed by atoms with Crippen LogP contribution in [0.1, 0.15) is 15.9 Å². The molecule has 1 amide bonds. The maximum atomic E-state index is 13.4. The molecule has 0 fully saturated rings. The van der Waals surface area contributed by atoms with Crippen molar-refractivity contribution in [3.05, 3.63) is 57.8 Å². The average molecular weight is 337 g/mol. The van der Waals surface area contributed by atoms with Crippen molar-refractivity contribution in [3.63, 3.8) is 0 Å². The van der Waals surface area contributed by atoms with Gasteiger partial charge in [-0.25, -0.2) is 4.39 Å². The third-order valence-corrected chi connectivity index (χ3v) is 3.51. The largest absolute Gasteiger partial charge is 0.387 e. The van der Waals surface area contributed by atoms with Gasteiger partial charge in [-0.2, -0.15) is 0 Å². The molecule has 3 nitrogen and oxygen atoms in total. The zero-order valence-electron chi connectivity index (χ0n) is 11.1. The van der Waals surface area contributed by atoms with Crippen molar-refractivity contribution in [3.8, 4) is 0 Å². The molecule has 5 heteroatoms. The van der Waals surface area contributed by atoms with E-state index < -0.39 is 5.82 Å². The molecule has 0 heterocycles. The molecule has 2 aromatic rings. The Bertz CT molecular complexity index is 658. The minimum Gasteiger partial charge on any atom is -0.387 e. The molecule has 2 N–H and O–H groups in total. The summed E-state index contributed by atoms with van der Waals surface area (Å²) < 4.78 is 13.8. The summed E-state index contributed by atoms with van der Waals surface area (Å²) in [6.07, 6.45) is 0.